The fourth-order valence-electron chi connectivity index (χ4n) is 0. The first kappa shape index (κ1) is 67.6. The molecule has 9 N–H and O–H groups in total. The fourth-order valence-corrected chi connectivity index (χ4v) is 0. The number of carbonyl (C=O) groups is 1. The van der Waals surface area contributed by atoms with Crippen LogP contribution in [0.2, 0.25) is 0 Å². The molecule has 0 bridgehead atoms. The molecule has 0 aromatic heterocycles. The van der Waals surface area contributed by atoms with Crippen molar-refractivity contribution >= 4 is 5.97 Å². The molecule has 0 aromatic carbocycles. The molecule has 0 unspecified atom stereocenters. The summed E-state index contributed by atoms with van der Waals surface area (Å²) in [4.78, 5) is 9.00. The maximum absolute atomic E-state index is 9.00. The second-order valence-corrected chi connectivity index (χ2v) is 0.519. The van der Waals surface area contributed by atoms with Gasteiger partial charge < -0.3 is 29.7 Å². The van der Waals surface area contributed by atoms with Crippen LogP contribution >= 0.6 is 0 Å². The van der Waals surface area contributed by atoms with Crippen molar-refractivity contribution < 1.29 is 27.0 Å². The number of nitrogens with two attached hydrogens (primary N) is 4. The minimum absolute atomic E-state index is 0. The van der Waals surface area contributed by atoms with Gasteiger partial charge >= 0.3 is 0 Å². The number of carboxylic acid groups (broad SMARTS) is 1. The van der Waals surface area contributed by atoms with Crippen molar-refractivity contribution in [2.45, 2.75) is 6.92 Å². The Hall–Kier alpha value is -0.171. The Labute approximate surface area is 65.2 Å². The van der Waals surface area contributed by atoms with Gasteiger partial charge in [-0.25, -0.2) is 0 Å². The van der Waals surface area contributed by atoms with Gasteiger partial charge in [-0.05, 0) is 0 Å². The number of hydrogen-bond acceptors (Lipinski definition) is 1. The number of aliphatic carboxylic acids is 1. The molecule has 6 nitrogen and oxygen atoms in total. The molecule has 0 aliphatic carbocycles. The van der Waals surface area contributed by atoms with Gasteiger partial charge in [-0.15, -0.1) is 0 Å². The third kappa shape index (κ3) is 9150. The molecule has 67 valence electrons. The molecule has 7 heteroatoms. The first-order valence-electron chi connectivity index (χ1n) is 0.928. The minimum atomic E-state index is -0.833. The molecule has 0 spiro atoms. The molecular formula is C2H12CuN4O2-4. The normalized spacial score (nSPS) is 2.78. The van der Waals surface area contributed by atoms with Crippen LogP contribution in [0.15, 0.2) is 0 Å². The molecule has 0 fully saturated rings. The average Bonchev–Trinajstić information content (AvgIpc) is 0.811. The van der Waals surface area contributed by atoms with Gasteiger partial charge in [-0.1, -0.05) is 0 Å². The zero-order chi connectivity index (χ0) is 3.58. The van der Waals surface area contributed by atoms with Crippen LogP contribution in [0.3, 0.4) is 0 Å². The Morgan fingerprint density at radius 3 is 1.11 bits per heavy atom. The molecule has 0 aliphatic rings. The summed E-state index contributed by atoms with van der Waals surface area (Å²) in [6.07, 6.45) is 0. The predicted octanol–water partition coefficient (Wildman–Crippen LogP) is 2.96. The van der Waals surface area contributed by atoms with E-state index in [1.54, 1.807) is 0 Å². The smallest absolute Gasteiger partial charge is 0.300 e. The molecule has 0 rings (SSSR count). The van der Waals surface area contributed by atoms with Gasteiger partial charge in [0, 0.05) is 24.0 Å². The number of hydrogen-bond donors (Lipinski definition) is 1. The van der Waals surface area contributed by atoms with Gasteiger partial charge in [-0.2, -0.15) is 0 Å². The largest absolute Gasteiger partial charge is 0.693 e. The first-order valence-corrected chi connectivity index (χ1v) is 0.928. The van der Waals surface area contributed by atoms with Crippen molar-refractivity contribution in [2.24, 2.45) is 0 Å². The topological polar surface area (TPSA) is 171 Å². The van der Waals surface area contributed by atoms with E-state index in [1.165, 1.54) is 0 Å². The second-order valence-electron chi connectivity index (χ2n) is 0.519. The van der Waals surface area contributed by atoms with E-state index in [1.807, 2.05) is 0 Å². The zero-order valence-electron chi connectivity index (χ0n) is 4.97. The van der Waals surface area contributed by atoms with E-state index in [4.69, 9.17) is 9.90 Å². The molecule has 0 atom stereocenters. The van der Waals surface area contributed by atoms with Crippen LogP contribution in [-0.2, 0) is 21.9 Å². The van der Waals surface area contributed by atoms with Crippen molar-refractivity contribution in [1.29, 1.82) is 0 Å². The van der Waals surface area contributed by atoms with E-state index in [2.05, 4.69) is 0 Å². The molecule has 0 heterocycles. The summed E-state index contributed by atoms with van der Waals surface area (Å²) in [5, 5.41) is 7.42. The molecular weight excluding hydrogens is 176 g/mol. The van der Waals surface area contributed by atoms with Crippen LogP contribution in [0.1, 0.15) is 6.92 Å². The summed E-state index contributed by atoms with van der Waals surface area (Å²) in [5.74, 6) is -0.833. The fraction of sp³-hybridized carbons (Fsp3) is 0.500. The molecule has 0 amide bonds. The number of rotatable bonds is 0. The van der Waals surface area contributed by atoms with Gasteiger partial charge in [0.25, 0.3) is 5.97 Å². The monoisotopic (exact) mass is 187 g/mol. The number of carboxylic acids is 1. The minimum Gasteiger partial charge on any atom is -0.693 e. The third-order valence-electron chi connectivity index (χ3n) is 0. The van der Waals surface area contributed by atoms with Crippen molar-refractivity contribution in [3.8, 4) is 0 Å². The summed E-state index contributed by atoms with van der Waals surface area (Å²) >= 11 is 0. The van der Waals surface area contributed by atoms with Crippen LogP contribution in [0.25, 0.3) is 24.6 Å². The van der Waals surface area contributed by atoms with Crippen molar-refractivity contribution in [3.63, 3.8) is 0 Å². The third-order valence-corrected chi connectivity index (χ3v) is 0. The first-order chi connectivity index (χ1) is 1.73. The van der Waals surface area contributed by atoms with Crippen molar-refractivity contribution in [1.82, 2.24) is 0 Å². The predicted molar refractivity (Wildman–Crippen MR) is 34.4 cm³/mol. The SMILES string of the molecule is CC(=O)O.[Cu].[NH2-].[NH2-].[NH2-].[NH2-]. The van der Waals surface area contributed by atoms with Gasteiger partial charge in [0.2, 0.25) is 0 Å². The maximum atomic E-state index is 9.00. The summed E-state index contributed by atoms with van der Waals surface area (Å²) < 4.78 is 0. The summed E-state index contributed by atoms with van der Waals surface area (Å²) in [6, 6.07) is 0. The Morgan fingerprint density at radius 1 is 1.11 bits per heavy atom. The molecule has 1 radical (unpaired) electrons. The average molecular weight is 188 g/mol. The Kier molecular flexibility index (Phi) is 343. The molecule has 0 aliphatic heterocycles. The van der Waals surface area contributed by atoms with Crippen LogP contribution in [0, 0.1) is 0 Å². The molecule has 0 aromatic rings. The Morgan fingerprint density at radius 2 is 1.11 bits per heavy atom. The second kappa shape index (κ2) is 45.6. The van der Waals surface area contributed by atoms with Crippen LogP contribution in [-0.4, -0.2) is 11.1 Å². The van der Waals surface area contributed by atoms with Crippen LogP contribution < -0.4 is 0 Å². The van der Waals surface area contributed by atoms with E-state index in [9.17, 15) is 0 Å². The zero-order valence-corrected chi connectivity index (χ0v) is 5.91. The van der Waals surface area contributed by atoms with Gasteiger partial charge in [0.1, 0.15) is 0 Å². The van der Waals surface area contributed by atoms with Crippen LogP contribution in [0.4, 0.5) is 0 Å². The van der Waals surface area contributed by atoms with E-state index in [0.717, 1.165) is 6.92 Å². The van der Waals surface area contributed by atoms with Crippen LogP contribution in [0.5, 0.6) is 0 Å². The summed E-state index contributed by atoms with van der Waals surface area (Å²) in [6.45, 7) is 1.08. The Bertz CT molecular complexity index is 39.5. The standard InChI is InChI=1S/C2H4O2.Cu.4H2N/c1-2(3)4;;;;;/h1H3,(H,3,4);;4*1H2/q;;4*-1. The van der Waals surface area contributed by atoms with Gasteiger partial charge in [-0.3, -0.25) is 4.79 Å². The molecule has 0 saturated heterocycles. The Balaban J connectivity index is -0.00000000450. The van der Waals surface area contributed by atoms with E-state index >= 15 is 0 Å². The maximum Gasteiger partial charge on any atom is 0.300 e. The van der Waals surface area contributed by atoms with Gasteiger partial charge in [0.05, 0.1) is 0 Å². The van der Waals surface area contributed by atoms with Crippen molar-refractivity contribution in [2.75, 3.05) is 0 Å². The van der Waals surface area contributed by atoms with Crippen molar-refractivity contribution in [3.05, 3.63) is 24.6 Å². The molecule has 9 heavy (non-hydrogen) atoms. The van der Waals surface area contributed by atoms with E-state index < -0.39 is 5.97 Å². The van der Waals surface area contributed by atoms with Gasteiger partial charge in [0.15, 0.2) is 0 Å². The quantitative estimate of drug-likeness (QED) is 0.575. The summed E-state index contributed by atoms with van der Waals surface area (Å²) in [5.41, 5.74) is 0. The van der Waals surface area contributed by atoms with E-state index in [-0.39, 0.29) is 41.7 Å². The summed E-state index contributed by atoms with van der Waals surface area (Å²) in [7, 11) is 0. The van der Waals surface area contributed by atoms with E-state index in [0.29, 0.717) is 0 Å². The molecule has 0 saturated carbocycles.